The first-order valence-electron chi connectivity index (χ1n) is 4.87. The smallest absolute Gasteiger partial charge is 0.106 e. The molecule has 0 bridgehead atoms. The molecule has 1 aromatic carbocycles. The van der Waals surface area contributed by atoms with E-state index < -0.39 is 6.10 Å². The van der Waals surface area contributed by atoms with Gasteiger partial charge < -0.3 is 5.11 Å². The molecule has 5 heteroatoms. The van der Waals surface area contributed by atoms with Gasteiger partial charge in [0.25, 0.3) is 0 Å². The molecule has 1 heterocycles. The highest BCUT2D eigenvalue weighted by molar-refractivity contribution is 9.12. The molecule has 0 amide bonds. The molecule has 0 saturated carbocycles. The molecular weight excluding hydrogens is 387 g/mol. The number of rotatable bonds is 2. The van der Waals surface area contributed by atoms with Gasteiger partial charge in [0.1, 0.15) is 6.10 Å². The highest BCUT2D eigenvalue weighted by Crippen LogP contribution is 2.38. The summed E-state index contributed by atoms with van der Waals surface area (Å²) >= 11 is 14.4. The van der Waals surface area contributed by atoms with E-state index in [1.807, 2.05) is 25.1 Å². The molecule has 90 valence electrons. The molecule has 0 aliphatic heterocycles. The number of aryl methyl sites for hydroxylation is 1. The van der Waals surface area contributed by atoms with Crippen molar-refractivity contribution < 1.29 is 5.11 Å². The van der Waals surface area contributed by atoms with Crippen LogP contribution in [0.15, 0.2) is 31.8 Å². The molecule has 2 rings (SSSR count). The average Bonchev–Trinajstić information content (AvgIpc) is 2.55. The van der Waals surface area contributed by atoms with Crippen LogP contribution in [0.4, 0.5) is 0 Å². The Morgan fingerprint density at radius 1 is 1.24 bits per heavy atom. The van der Waals surface area contributed by atoms with Crippen molar-refractivity contribution in [1.29, 1.82) is 0 Å². The average molecular weight is 397 g/mol. The molecule has 1 N–H and O–H groups in total. The van der Waals surface area contributed by atoms with E-state index in [9.17, 15) is 5.11 Å². The summed E-state index contributed by atoms with van der Waals surface area (Å²) in [7, 11) is 0. The normalized spacial score (nSPS) is 12.8. The van der Waals surface area contributed by atoms with Crippen LogP contribution in [0, 0.1) is 6.92 Å². The van der Waals surface area contributed by atoms with Gasteiger partial charge in [-0.3, -0.25) is 0 Å². The maximum Gasteiger partial charge on any atom is 0.106 e. The molecular formula is C12H9Br2ClOS. The van der Waals surface area contributed by atoms with Crippen molar-refractivity contribution in [3.8, 4) is 0 Å². The van der Waals surface area contributed by atoms with E-state index in [4.69, 9.17) is 11.6 Å². The lowest BCUT2D eigenvalue weighted by Crippen LogP contribution is -1.99. The van der Waals surface area contributed by atoms with Crippen LogP contribution in [0.3, 0.4) is 0 Å². The molecule has 0 radical (unpaired) electrons. The van der Waals surface area contributed by atoms with Gasteiger partial charge in [-0.2, -0.15) is 0 Å². The van der Waals surface area contributed by atoms with Crippen LogP contribution in [0.1, 0.15) is 22.8 Å². The molecule has 1 nitrogen and oxygen atoms in total. The summed E-state index contributed by atoms with van der Waals surface area (Å²) < 4.78 is 1.91. The van der Waals surface area contributed by atoms with Crippen molar-refractivity contribution in [1.82, 2.24) is 0 Å². The van der Waals surface area contributed by atoms with E-state index in [-0.39, 0.29) is 0 Å². The third-order valence-electron chi connectivity index (χ3n) is 2.36. The quantitative estimate of drug-likeness (QED) is 0.729. The van der Waals surface area contributed by atoms with Crippen molar-refractivity contribution in [3.63, 3.8) is 0 Å². The van der Waals surface area contributed by atoms with E-state index in [0.29, 0.717) is 5.02 Å². The van der Waals surface area contributed by atoms with Gasteiger partial charge in [0, 0.05) is 10.6 Å². The summed E-state index contributed by atoms with van der Waals surface area (Å²) in [6.07, 6.45) is -0.663. The Labute approximate surface area is 126 Å². The summed E-state index contributed by atoms with van der Waals surface area (Å²) in [6.45, 7) is 1.96. The lowest BCUT2D eigenvalue weighted by Gasteiger charge is -2.11. The predicted molar refractivity (Wildman–Crippen MR) is 80.0 cm³/mol. The Morgan fingerprint density at radius 3 is 2.47 bits per heavy atom. The van der Waals surface area contributed by atoms with Crippen LogP contribution < -0.4 is 0 Å². The van der Waals surface area contributed by atoms with Gasteiger partial charge in [0.15, 0.2) is 0 Å². The Hall–Kier alpha value is 0.130. The lowest BCUT2D eigenvalue weighted by atomic mass is 10.0. The fraction of sp³-hybridized carbons (Fsp3) is 0.167. The largest absolute Gasteiger partial charge is 0.384 e. The first-order valence-corrected chi connectivity index (χ1v) is 7.65. The number of hydrogen-bond donors (Lipinski definition) is 1. The van der Waals surface area contributed by atoms with Gasteiger partial charge in [0.2, 0.25) is 0 Å². The topological polar surface area (TPSA) is 20.2 Å². The van der Waals surface area contributed by atoms with Gasteiger partial charge in [-0.15, -0.1) is 11.3 Å². The number of aliphatic hydroxyl groups is 1. The van der Waals surface area contributed by atoms with E-state index in [0.717, 1.165) is 24.3 Å². The second-order valence-electron chi connectivity index (χ2n) is 3.74. The Kier molecular flexibility index (Phi) is 4.31. The third-order valence-corrected chi connectivity index (χ3v) is 4.96. The summed E-state index contributed by atoms with van der Waals surface area (Å²) in [6, 6.07) is 7.51. The second-order valence-corrected chi connectivity index (χ2v) is 7.93. The molecule has 1 aromatic heterocycles. The van der Waals surface area contributed by atoms with E-state index in [2.05, 4.69) is 31.9 Å². The molecule has 0 aliphatic carbocycles. The van der Waals surface area contributed by atoms with Crippen molar-refractivity contribution in [3.05, 3.63) is 53.6 Å². The van der Waals surface area contributed by atoms with Crippen molar-refractivity contribution in [2.24, 2.45) is 0 Å². The van der Waals surface area contributed by atoms with E-state index >= 15 is 0 Å². The number of benzene rings is 1. The standard InChI is InChI=1S/C12H9Br2ClOS/c1-6-2-7(4-8(15)3-6)11(16)9-5-10(13)17-12(9)14/h2-5,11,16H,1H3. The molecule has 0 aliphatic rings. The zero-order valence-electron chi connectivity index (χ0n) is 8.88. The van der Waals surface area contributed by atoms with Gasteiger partial charge in [-0.05, 0) is 68.1 Å². The maximum atomic E-state index is 10.3. The summed E-state index contributed by atoms with van der Waals surface area (Å²) in [5, 5.41) is 11.0. The molecule has 17 heavy (non-hydrogen) atoms. The molecule has 1 unspecified atom stereocenters. The second kappa shape index (κ2) is 5.41. The van der Waals surface area contributed by atoms with Crippen LogP contribution in [-0.4, -0.2) is 5.11 Å². The third kappa shape index (κ3) is 3.12. The van der Waals surface area contributed by atoms with E-state index in [1.54, 1.807) is 17.4 Å². The monoisotopic (exact) mass is 394 g/mol. The molecule has 0 spiro atoms. The Morgan fingerprint density at radius 2 is 1.94 bits per heavy atom. The highest BCUT2D eigenvalue weighted by atomic mass is 79.9. The minimum atomic E-state index is -0.663. The van der Waals surface area contributed by atoms with Gasteiger partial charge in [-0.1, -0.05) is 17.7 Å². The Balaban J connectivity index is 2.43. The van der Waals surface area contributed by atoms with Gasteiger partial charge >= 0.3 is 0 Å². The molecule has 1 atom stereocenters. The van der Waals surface area contributed by atoms with Gasteiger partial charge in [0.05, 0.1) is 7.57 Å². The number of halogens is 3. The lowest BCUT2D eigenvalue weighted by molar-refractivity contribution is 0.220. The van der Waals surface area contributed by atoms with Crippen molar-refractivity contribution in [2.75, 3.05) is 0 Å². The molecule has 0 saturated heterocycles. The molecule has 2 aromatic rings. The highest BCUT2D eigenvalue weighted by Gasteiger charge is 2.17. The minimum Gasteiger partial charge on any atom is -0.384 e. The van der Waals surface area contributed by atoms with Crippen LogP contribution in [0.2, 0.25) is 5.02 Å². The predicted octanol–water partition coefficient (Wildman–Crippen LogP) is 5.32. The molecule has 0 fully saturated rings. The van der Waals surface area contributed by atoms with Crippen molar-refractivity contribution >= 4 is 54.8 Å². The fourth-order valence-electron chi connectivity index (χ4n) is 1.64. The Bertz CT molecular complexity index is 533. The van der Waals surface area contributed by atoms with Crippen molar-refractivity contribution in [2.45, 2.75) is 13.0 Å². The zero-order chi connectivity index (χ0) is 12.6. The summed E-state index contributed by atoms with van der Waals surface area (Å²) in [5.74, 6) is 0. The van der Waals surface area contributed by atoms with Crippen LogP contribution >= 0.6 is 54.8 Å². The number of thiophene rings is 1. The first kappa shape index (κ1) is 13.6. The maximum absolute atomic E-state index is 10.3. The van der Waals surface area contributed by atoms with Crippen LogP contribution in [0.5, 0.6) is 0 Å². The fourth-order valence-corrected chi connectivity index (χ4v) is 4.82. The van der Waals surface area contributed by atoms with Crippen LogP contribution in [0.25, 0.3) is 0 Å². The van der Waals surface area contributed by atoms with Crippen LogP contribution in [-0.2, 0) is 0 Å². The number of aliphatic hydroxyl groups excluding tert-OH is 1. The SMILES string of the molecule is Cc1cc(Cl)cc(C(O)c2cc(Br)sc2Br)c1. The van der Waals surface area contributed by atoms with E-state index in [1.165, 1.54) is 0 Å². The summed E-state index contributed by atoms with van der Waals surface area (Å²) in [5.41, 5.74) is 2.70. The summed E-state index contributed by atoms with van der Waals surface area (Å²) in [4.78, 5) is 0. The minimum absolute atomic E-state index is 0.643. The first-order chi connectivity index (χ1) is 7.97. The van der Waals surface area contributed by atoms with Gasteiger partial charge in [-0.25, -0.2) is 0 Å². The zero-order valence-corrected chi connectivity index (χ0v) is 13.6. The number of hydrogen-bond acceptors (Lipinski definition) is 2.